The van der Waals surface area contributed by atoms with Crippen molar-refractivity contribution in [3.05, 3.63) is 23.8 Å². The van der Waals surface area contributed by atoms with Crippen molar-refractivity contribution in [1.29, 1.82) is 0 Å². The third-order valence-electron chi connectivity index (χ3n) is 2.86. The summed E-state index contributed by atoms with van der Waals surface area (Å²) in [7, 11) is 1.64. The number of benzene rings is 1. The van der Waals surface area contributed by atoms with E-state index in [2.05, 4.69) is 5.16 Å². The third-order valence-corrected chi connectivity index (χ3v) is 2.86. The van der Waals surface area contributed by atoms with E-state index in [9.17, 15) is 0 Å². The van der Waals surface area contributed by atoms with Crippen LogP contribution in [0.5, 0.6) is 11.5 Å². The van der Waals surface area contributed by atoms with Gasteiger partial charge < -0.3 is 24.5 Å². The highest BCUT2D eigenvalue weighted by molar-refractivity contribution is 5.73. The SMILES string of the molecule is COCc1ccc(-c2cc(N)no2)c2c1OCCO2. The van der Waals surface area contributed by atoms with Gasteiger partial charge in [-0.2, -0.15) is 0 Å². The van der Waals surface area contributed by atoms with Gasteiger partial charge in [0.1, 0.15) is 13.2 Å². The van der Waals surface area contributed by atoms with Gasteiger partial charge in [0.15, 0.2) is 23.1 Å². The number of hydrogen-bond donors (Lipinski definition) is 1. The van der Waals surface area contributed by atoms with Gasteiger partial charge in [-0.3, -0.25) is 0 Å². The van der Waals surface area contributed by atoms with Crippen molar-refractivity contribution in [1.82, 2.24) is 5.16 Å². The molecule has 0 saturated carbocycles. The standard InChI is InChI=1S/C13H14N2O4/c1-16-7-8-2-3-9(10-6-11(14)15-19-10)13-12(8)17-4-5-18-13/h2-3,6H,4-5,7H2,1H3,(H2,14,15). The quantitative estimate of drug-likeness (QED) is 0.909. The van der Waals surface area contributed by atoms with Crippen LogP contribution in [-0.4, -0.2) is 25.5 Å². The van der Waals surface area contributed by atoms with Crippen molar-refractivity contribution in [2.24, 2.45) is 0 Å². The van der Waals surface area contributed by atoms with Crippen molar-refractivity contribution >= 4 is 5.82 Å². The van der Waals surface area contributed by atoms with Crippen molar-refractivity contribution in [2.75, 3.05) is 26.1 Å². The summed E-state index contributed by atoms with van der Waals surface area (Å²) in [5.41, 5.74) is 7.29. The molecule has 6 nitrogen and oxygen atoms in total. The monoisotopic (exact) mass is 262 g/mol. The Balaban J connectivity index is 2.11. The second kappa shape index (κ2) is 4.81. The summed E-state index contributed by atoms with van der Waals surface area (Å²) in [5.74, 6) is 2.24. The molecule has 1 aromatic heterocycles. The zero-order chi connectivity index (χ0) is 13.2. The van der Waals surface area contributed by atoms with Gasteiger partial charge in [0.2, 0.25) is 0 Å². The van der Waals surface area contributed by atoms with E-state index in [1.165, 1.54) is 0 Å². The van der Waals surface area contributed by atoms with Gasteiger partial charge in [-0.15, -0.1) is 0 Å². The smallest absolute Gasteiger partial charge is 0.172 e. The summed E-state index contributed by atoms with van der Waals surface area (Å²) in [6.07, 6.45) is 0. The maximum absolute atomic E-state index is 5.70. The molecule has 3 rings (SSSR count). The second-order valence-corrected chi connectivity index (χ2v) is 4.18. The Morgan fingerprint density at radius 2 is 2.05 bits per heavy atom. The summed E-state index contributed by atoms with van der Waals surface area (Å²) in [6, 6.07) is 5.47. The van der Waals surface area contributed by atoms with Gasteiger partial charge in [-0.25, -0.2) is 0 Å². The highest BCUT2D eigenvalue weighted by atomic mass is 16.6. The summed E-state index contributed by atoms with van der Waals surface area (Å²) in [4.78, 5) is 0. The molecule has 1 aliphatic heterocycles. The molecule has 19 heavy (non-hydrogen) atoms. The van der Waals surface area contributed by atoms with Crippen LogP contribution in [0.4, 0.5) is 5.82 Å². The number of ether oxygens (including phenoxy) is 3. The van der Waals surface area contributed by atoms with E-state index in [4.69, 9.17) is 24.5 Å². The van der Waals surface area contributed by atoms with Crippen molar-refractivity contribution in [2.45, 2.75) is 6.61 Å². The van der Waals surface area contributed by atoms with Crippen LogP contribution in [0.3, 0.4) is 0 Å². The topological polar surface area (TPSA) is 79.7 Å². The van der Waals surface area contributed by atoms with Crippen LogP contribution >= 0.6 is 0 Å². The van der Waals surface area contributed by atoms with Crippen LogP contribution in [0.1, 0.15) is 5.56 Å². The molecule has 0 bridgehead atoms. The summed E-state index contributed by atoms with van der Waals surface area (Å²) in [6.45, 7) is 1.48. The number of fused-ring (bicyclic) bond motifs is 1. The van der Waals surface area contributed by atoms with Gasteiger partial charge in [-0.1, -0.05) is 11.2 Å². The number of nitrogens with two attached hydrogens (primary N) is 1. The minimum atomic E-state index is 0.335. The Bertz CT molecular complexity index is 594. The molecule has 1 aliphatic rings. The summed E-state index contributed by atoms with van der Waals surface area (Å²) < 4.78 is 21.7. The fourth-order valence-electron chi connectivity index (χ4n) is 2.07. The minimum absolute atomic E-state index is 0.335. The Morgan fingerprint density at radius 3 is 2.74 bits per heavy atom. The average molecular weight is 262 g/mol. The van der Waals surface area contributed by atoms with E-state index < -0.39 is 0 Å². The van der Waals surface area contributed by atoms with Gasteiger partial charge >= 0.3 is 0 Å². The zero-order valence-electron chi connectivity index (χ0n) is 10.5. The number of rotatable bonds is 3. The molecule has 2 N–H and O–H groups in total. The number of hydrogen-bond acceptors (Lipinski definition) is 6. The van der Waals surface area contributed by atoms with Crippen molar-refractivity contribution in [3.8, 4) is 22.8 Å². The Labute approximate surface area is 110 Å². The molecule has 0 spiro atoms. The lowest BCUT2D eigenvalue weighted by atomic mass is 10.1. The molecule has 6 heteroatoms. The van der Waals surface area contributed by atoms with Crippen molar-refractivity contribution in [3.63, 3.8) is 0 Å². The van der Waals surface area contributed by atoms with E-state index in [1.807, 2.05) is 12.1 Å². The molecule has 0 radical (unpaired) electrons. The first-order valence-electron chi connectivity index (χ1n) is 5.92. The summed E-state index contributed by atoms with van der Waals surface area (Å²) >= 11 is 0. The number of aromatic nitrogens is 1. The molecular weight excluding hydrogens is 248 g/mol. The highest BCUT2D eigenvalue weighted by Crippen LogP contribution is 2.42. The third kappa shape index (κ3) is 2.10. The predicted octanol–water partition coefficient (Wildman–Crippen LogP) is 1.84. The first-order valence-corrected chi connectivity index (χ1v) is 5.92. The van der Waals surface area contributed by atoms with Crippen LogP contribution in [0, 0.1) is 0 Å². The van der Waals surface area contributed by atoms with Crippen LogP contribution < -0.4 is 15.2 Å². The largest absolute Gasteiger partial charge is 0.486 e. The molecule has 0 fully saturated rings. The minimum Gasteiger partial charge on any atom is -0.486 e. The normalized spacial score (nSPS) is 13.5. The number of anilines is 1. The lowest BCUT2D eigenvalue weighted by Gasteiger charge is -2.22. The van der Waals surface area contributed by atoms with Crippen LogP contribution in [0.15, 0.2) is 22.7 Å². The molecule has 0 atom stereocenters. The first kappa shape index (κ1) is 11.9. The average Bonchev–Trinajstić information content (AvgIpc) is 2.86. The lowest BCUT2D eigenvalue weighted by molar-refractivity contribution is 0.153. The molecule has 100 valence electrons. The first-order chi connectivity index (χ1) is 9.29. The number of methoxy groups -OCH3 is 1. The van der Waals surface area contributed by atoms with Crippen LogP contribution in [0.25, 0.3) is 11.3 Å². The molecule has 0 unspecified atom stereocenters. The van der Waals surface area contributed by atoms with Gasteiger partial charge in [-0.05, 0) is 6.07 Å². The fraction of sp³-hybridized carbons (Fsp3) is 0.308. The van der Waals surface area contributed by atoms with Crippen LogP contribution in [-0.2, 0) is 11.3 Å². The number of nitrogens with zero attached hydrogens (tertiary/aromatic N) is 1. The highest BCUT2D eigenvalue weighted by Gasteiger charge is 2.22. The lowest BCUT2D eigenvalue weighted by Crippen LogP contribution is -2.17. The molecule has 0 amide bonds. The molecule has 0 saturated heterocycles. The van der Waals surface area contributed by atoms with E-state index >= 15 is 0 Å². The van der Waals surface area contributed by atoms with E-state index in [1.54, 1.807) is 13.2 Å². The Hall–Kier alpha value is -2.21. The van der Waals surface area contributed by atoms with Crippen LogP contribution in [0.2, 0.25) is 0 Å². The van der Waals surface area contributed by atoms with Crippen molar-refractivity contribution < 1.29 is 18.7 Å². The Kier molecular flexibility index (Phi) is 3.00. The number of nitrogen functional groups attached to an aromatic ring is 1. The van der Waals surface area contributed by atoms with Gasteiger partial charge in [0.05, 0.1) is 12.2 Å². The molecule has 2 aromatic rings. The molecule has 1 aromatic carbocycles. The molecular formula is C13H14N2O4. The van der Waals surface area contributed by atoms with Gasteiger partial charge in [0, 0.05) is 18.7 Å². The Morgan fingerprint density at radius 1 is 1.26 bits per heavy atom. The maximum Gasteiger partial charge on any atom is 0.172 e. The predicted molar refractivity (Wildman–Crippen MR) is 68.1 cm³/mol. The molecule has 2 heterocycles. The maximum atomic E-state index is 5.70. The summed E-state index contributed by atoms with van der Waals surface area (Å²) in [5, 5.41) is 3.68. The fourth-order valence-corrected chi connectivity index (χ4v) is 2.07. The van der Waals surface area contributed by atoms with E-state index in [0.29, 0.717) is 42.9 Å². The molecule has 0 aliphatic carbocycles. The van der Waals surface area contributed by atoms with E-state index in [-0.39, 0.29) is 0 Å². The van der Waals surface area contributed by atoms with E-state index in [0.717, 1.165) is 11.1 Å². The van der Waals surface area contributed by atoms with Gasteiger partial charge in [0.25, 0.3) is 0 Å². The zero-order valence-corrected chi connectivity index (χ0v) is 10.5. The second-order valence-electron chi connectivity index (χ2n) is 4.18.